The molecule has 4 heteroatoms. The average molecular weight is 253 g/mol. The third-order valence-corrected chi connectivity index (χ3v) is 3.52. The Morgan fingerprint density at radius 1 is 1.41 bits per heavy atom. The van der Waals surface area contributed by atoms with Crippen LogP contribution < -0.4 is 0 Å². The van der Waals surface area contributed by atoms with E-state index >= 15 is 0 Å². The van der Waals surface area contributed by atoms with Gasteiger partial charge < -0.3 is 4.74 Å². The van der Waals surface area contributed by atoms with Crippen molar-refractivity contribution in [2.45, 2.75) is 44.4 Å². The van der Waals surface area contributed by atoms with Crippen molar-refractivity contribution < 1.29 is 9.53 Å². The number of carbonyl (C=O) groups is 1. The lowest BCUT2D eigenvalue weighted by atomic mass is 10.3. The second-order valence-corrected chi connectivity index (χ2v) is 5.11. The van der Waals surface area contributed by atoms with E-state index < -0.39 is 0 Å². The Labute approximate surface area is 107 Å². The summed E-state index contributed by atoms with van der Waals surface area (Å²) in [5.41, 5.74) is 2.14. The largest absolute Gasteiger partial charge is 0.465 e. The molecule has 0 bridgehead atoms. The van der Waals surface area contributed by atoms with E-state index in [9.17, 15) is 4.79 Å². The topological polar surface area (TPSA) is 39.2 Å². The first-order chi connectivity index (χ1) is 8.06. The molecule has 3 nitrogen and oxygen atoms in total. The second kappa shape index (κ2) is 6.64. The van der Waals surface area contributed by atoms with Crippen molar-refractivity contribution in [3.8, 4) is 0 Å². The zero-order valence-electron chi connectivity index (χ0n) is 10.8. The number of hydrogen-bond acceptors (Lipinski definition) is 4. The number of aromatic nitrogens is 1. The van der Waals surface area contributed by atoms with Crippen LogP contribution in [0.15, 0.2) is 17.2 Å². The predicted octanol–water partition coefficient (Wildman–Crippen LogP) is 3.13. The fourth-order valence-electron chi connectivity index (χ4n) is 1.54. The van der Waals surface area contributed by atoms with Crippen LogP contribution in [0, 0.1) is 13.8 Å². The van der Waals surface area contributed by atoms with E-state index in [1.165, 1.54) is 17.3 Å². The number of carbonyl (C=O) groups excluding carboxylic acids is 1. The van der Waals surface area contributed by atoms with Gasteiger partial charge in [0.1, 0.15) is 5.25 Å². The van der Waals surface area contributed by atoms with Gasteiger partial charge in [-0.15, -0.1) is 0 Å². The highest BCUT2D eigenvalue weighted by Gasteiger charge is 2.19. The molecule has 1 heterocycles. The molecule has 0 aliphatic heterocycles. The van der Waals surface area contributed by atoms with E-state index in [0.717, 1.165) is 17.1 Å². The minimum absolute atomic E-state index is 0.152. The van der Waals surface area contributed by atoms with E-state index in [1.54, 1.807) is 0 Å². The zero-order valence-corrected chi connectivity index (χ0v) is 11.6. The number of hydrogen-bond donors (Lipinski definition) is 0. The van der Waals surface area contributed by atoms with Gasteiger partial charge in [-0.1, -0.05) is 18.7 Å². The van der Waals surface area contributed by atoms with Gasteiger partial charge in [-0.2, -0.15) is 0 Å². The SMILES string of the molecule is CCOC(=O)C(CC)Sc1cc(C)cc(C)n1. The van der Waals surface area contributed by atoms with Gasteiger partial charge in [0.15, 0.2) is 0 Å². The Balaban J connectivity index is 2.76. The summed E-state index contributed by atoms with van der Waals surface area (Å²) in [5.74, 6) is -0.152. The Morgan fingerprint density at radius 3 is 2.65 bits per heavy atom. The summed E-state index contributed by atoms with van der Waals surface area (Å²) in [4.78, 5) is 16.1. The Hall–Kier alpha value is -1.03. The van der Waals surface area contributed by atoms with Crippen molar-refractivity contribution in [1.82, 2.24) is 4.98 Å². The maximum absolute atomic E-state index is 11.7. The van der Waals surface area contributed by atoms with Crippen LogP contribution in [-0.4, -0.2) is 22.8 Å². The molecular formula is C13H19NO2S. The number of pyridine rings is 1. The number of ether oxygens (including phenoxy) is 1. The molecule has 1 rings (SSSR count). The smallest absolute Gasteiger partial charge is 0.319 e. The molecular weight excluding hydrogens is 234 g/mol. The fraction of sp³-hybridized carbons (Fsp3) is 0.538. The van der Waals surface area contributed by atoms with Crippen molar-refractivity contribution in [3.05, 3.63) is 23.4 Å². The van der Waals surface area contributed by atoms with Crippen LogP contribution in [0.3, 0.4) is 0 Å². The summed E-state index contributed by atoms with van der Waals surface area (Å²) in [6.45, 7) is 8.23. The molecule has 1 aromatic rings. The standard InChI is InChI=1S/C13H19NO2S/c1-5-11(13(15)16-6-2)17-12-8-9(3)7-10(4)14-12/h7-8,11H,5-6H2,1-4H3. The molecule has 0 N–H and O–H groups in total. The van der Waals surface area contributed by atoms with Gasteiger partial charge in [0.25, 0.3) is 0 Å². The van der Waals surface area contributed by atoms with E-state index in [4.69, 9.17) is 4.74 Å². The van der Waals surface area contributed by atoms with E-state index in [2.05, 4.69) is 4.98 Å². The lowest BCUT2D eigenvalue weighted by molar-refractivity contribution is -0.142. The first-order valence-electron chi connectivity index (χ1n) is 5.85. The molecule has 1 aromatic heterocycles. The van der Waals surface area contributed by atoms with Crippen molar-refractivity contribution in [2.24, 2.45) is 0 Å². The summed E-state index contributed by atoms with van der Waals surface area (Å²) in [7, 11) is 0. The van der Waals surface area contributed by atoms with E-state index in [-0.39, 0.29) is 11.2 Å². The minimum atomic E-state index is -0.163. The molecule has 17 heavy (non-hydrogen) atoms. The number of esters is 1. The second-order valence-electron chi connectivity index (χ2n) is 3.89. The molecule has 0 aliphatic carbocycles. The lowest BCUT2D eigenvalue weighted by Gasteiger charge is -2.13. The molecule has 1 unspecified atom stereocenters. The van der Waals surface area contributed by atoms with Crippen molar-refractivity contribution in [3.63, 3.8) is 0 Å². The van der Waals surface area contributed by atoms with Crippen LogP contribution in [0.1, 0.15) is 31.5 Å². The maximum Gasteiger partial charge on any atom is 0.319 e. The summed E-state index contributed by atoms with van der Waals surface area (Å²) in [5, 5.41) is 0.728. The van der Waals surface area contributed by atoms with E-state index in [0.29, 0.717) is 6.61 Å². The number of thioether (sulfide) groups is 1. The van der Waals surface area contributed by atoms with Gasteiger partial charge in [0, 0.05) is 5.69 Å². The van der Waals surface area contributed by atoms with Crippen molar-refractivity contribution in [2.75, 3.05) is 6.61 Å². The first kappa shape index (κ1) is 14.0. The van der Waals surface area contributed by atoms with Crippen LogP contribution in [0.2, 0.25) is 0 Å². The van der Waals surface area contributed by atoms with Crippen molar-refractivity contribution >= 4 is 17.7 Å². The molecule has 0 radical (unpaired) electrons. The summed E-state index contributed by atoms with van der Waals surface area (Å²) in [6, 6.07) is 4.02. The molecule has 0 aromatic carbocycles. The fourth-order valence-corrected chi connectivity index (χ4v) is 2.62. The molecule has 0 fully saturated rings. The average Bonchev–Trinajstić information content (AvgIpc) is 2.24. The maximum atomic E-state index is 11.7. The molecule has 0 spiro atoms. The van der Waals surface area contributed by atoms with Gasteiger partial charge in [0.2, 0.25) is 0 Å². The van der Waals surface area contributed by atoms with E-state index in [1.807, 2.05) is 39.8 Å². The third kappa shape index (κ3) is 4.38. The molecule has 1 atom stereocenters. The zero-order chi connectivity index (χ0) is 12.8. The van der Waals surface area contributed by atoms with Crippen molar-refractivity contribution in [1.29, 1.82) is 0 Å². The van der Waals surface area contributed by atoms with Crippen LogP contribution >= 0.6 is 11.8 Å². The highest BCUT2D eigenvalue weighted by atomic mass is 32.2. The van der Waals surface area contributed by atoms with Crippen LogP contribution in [0.25, 0.3) is 0 Å². The minimum Gasteiger partial charge on any atom is -0.465 e. The number of nitrogens with zero attached hydrogens (tertiary/aromatic N) is 1. The van der Waals surface area contributed by atoms with Gasteiger partial charge in [-0.05, 0) is 44.9 Å². The Morgan fingerprint density at radius 2 is 2.12 bits per heavy atom. The van der Waals surface area contributed by atoms with Crippen LogP contribution in [0.4, 0.5) is 0 Å². The molecule has 0 amide bonds. The van der Waals surface area contributed by atoms with Gasteiger partial charge in [-0.25, -0.2) is 4.98 Å². The summed E-state index contributed by atoms with van der Waals surface area (Å²) >= 11 is 1.48. The number of rotatable bonds is 5. The van der Waals surface area contributed by atoms with Gasteiger partial charge in [0.05, 0.1) is 11.6 Å². The molecule has 0 saturated carbocycles. The predicted molar refractivity (Wildman–Crippen MR) is 70.3 cm³/mol. The molecule has 0 saturated heterocycles. The van der Waals surface area contributed by atoms with Crippen LogP contribution in [-0.2, 0) is 9.53 Å². The van der Waals surface area contributed by atoms with Gasteiger partial charge in [-0.3, -0.25) is 4.79 Å². The lowest BCUT2D eigenvalue weighted by Crippen LogP contribution is -2.19. The summed E-state index contributed by atoms with van der Waals surface area (Å²) < 4.78 is 5.04. The molecule has 0 aliphatic rings. The molecule has 94 valence electrons. The summed E-state index contributed by atoms with van der Waals surface area (Å²) in [6.07, 6.45) is 0.748. The Kier molecular flexibility index (Phi) is 5.48. The Bertz CT molecular complexity index is 373. The van der Waals surface area contributed by atoms with Crippen LogP contribution in [0.5, 0.6) is 0 Å². The number of aryl methyl sites for hydroxylation is 2. The first-order valence-corrected chi connectivity index (χ1v) is 6.73. The van der Waals surface area contributed by atoms with Gasteiger partial charge >= 0.3 is 5.97 Å². The third-order valence-electron chi connectivity index (χ3n) is 2.26. The monoisotopic (exact) mass is 253 g/mol. The highest BCUT2D eigenvalue weighted by molar-refractivity contribution is 8.00. The highest BCUT2D eigenvalue weighted by Crippen LogP contribution is 2.25. The normalized spacial score (nSPS) is 12.2. The quantitative estimate of drug-likeness (QED) is 0.597.